The fourth-order valence-corrected chi connectivity index (χ4v) is 3.46. The highest BCUT2D eigenvalue weighted by Crippen LogP contribution is 2.37. The van der Waals surface area contributed by atoms with Crippen LogP contribution in [0.5, 0.6) is 11.5 Å². The summed E-state index contributed by atoms with van der Waals surface area (Å²) in [6.45, 7) is 0. The molecule has 0 saturated carbocycles. The summed E-state index contributed by atoms with van der Waals surface area (Å²) in [5, 5.41) is 14.5. The van der Waals surface area contributed by atoms with Crippen LogP contribution in [0.4, 0.5) is 5.95 Å². The second kappa shape index (κ2) is 8.27. The second-order valence-electron chi connectivity index (χ2n) is 6.56. The lowest BCUT2D eigenvalue weighted by molar-refractivity contribution is -0.136. The van der Waals surface area contributed by atoms with Crippen molar-refractivity contribution in [3.8, 4) is 11.5 Å². The predicted octanol–water partition coefficient (Wildman–Crippen LogP) is 2.02. The van der Waals surface area contributed by atoms with E-state index in [1.165, 1.54) is 26.0 Å². The van der Waals surface area contributed by atoms with Crippen molar-refractivity contribution in [3.05, 3.63) is 70.9 Å². The van der Waals surface area contributed by atoms with E-state index in [0.717, 1.165) is 5.56 Å². The standard InChI is InChI=1S/C21H19N5O5/c1-29-14-10-9-13(11-15(14)30-2)19(27)16-17(20(28)31-3)22-21-23-24-25-26(21)18(16)12-7-5-4-6-8-12/h4-11,18H,1-3H3,(H,22,23,25)/t18-/m0/s1. The molecule has 1 aromatic heterocycles. The molecule has 2 heterocycles. The third kappa shape index (κ3) is 3.48. The first kappa shape index (κ1) is 20.1. The zero-order valence-electron chi connectivity index (χ0n) is 17.0. The van der Waals surface area contributed by atoms with E-state index < -0.39 is 17.8 Å². The fraction of sp³-hybridized carbons (Fsp3) is 0.190. The molecule has 0 saturated heterocycles. The van der Waals surface area contributed by atoms with Gasteiger partial charge < -0.3 is 19.5 Å². The topological polar surface area (TPSA) is 117 Å². The molecule has 31 heavy (non-hydrogen) atoms. The normalized spacial score (nSPS) is 15.0. The third-order valence-corrected chi connectivity index (χ3v) is 4.91. The molecule has 1 aliphatic heterocycles. The minimum Gasteiger partial charge on any atom is -0.493 e. The number of ketones is 1. The van der Waals surface area contributed by atoms with Crippen LogP contribution in [0.15, 0.2) is 59.8 Å². The van der Waals surface area contributed by atoms with Gasteiger partial charge in [-0.3, -0.25) is 4.79 Å². The van der Waals surface area contributed by atoms with E-state index in [9.17, 15) is 9.59 Å². The Morgan fingerprint density at radius 1 is 1.00 bits per heavy atom. The van der Waals surface area contributed by atoms with Crippen LogP contribution in [0.3, 0.4) is 0 Å². The Morgan fingerprint density at radius 2 is 1.74 bits per heavy atom. The molecule has 3 aromatic rings. The van der Waals surface area contributed by atoms with E-state index in [4.69, 9.17) is 14.2 Å². The van der Waals surface area contributed by atoms with Gasteiger partial charge in [-0.2, -0.15) is 4.68 Å². The fourth-order valence-electron chi connectivity index (χ4n) is 3.46. The monoisotopic (exact) mass is 421 g/mol. The zero-order valence-corrected chi connectivity index (χ0v) is 17.0. The number of benzene rings is 2. The maximum atomic E-state index is 13.7. The number of allylic oxidation sites excluding steroid dienone is 1. The van der Waals surface area contributed by atoms with Crippen molar-refractivity contribution in [2.24, 2.45) is 0 Å². The highest BCUT2D eigenvalue weighted by Gasteiger charge is 2.38. The van der Waals surface area contributed by atoms with Gasteiger partial charge in [-0.1, -0.05) is 35.4 Å². The van der Waals surface area contributed by atoms with Gasteiger partial charge in [0.2, 0.25) is 5.95 Å². The Bertz CT molecular complexity index is 1170. The number of nitrogens with zero attached hydrogens (tertiary/aromatic N) is 4. The number of ether oxygens (including phenoxy) is 3. The molecule has 0 radical (unpaired) electrons. The van der Waals surface area contributed by atoms with E-state index in [0.29, 0.717) is 17.1 Å². The number of hydrogen-bond acceptors (Lipinski definition) is 9. The van der Waals surface area contributed by atoms with Crippen LogP contribution in [-0.2, 0) is 9.53 Å². The number of fused-ring (bicyclic) bond motifs is 1. The molecule has 2 aromatic carbocycles. The van der Waals surface area contributed by atoms with Gasteiger partial charge in [-0.15, -0.1) is 0 Å². The minimum atomic E-state index is -0.748. The molecule has 0 aliphatic carbocycles. The molecule has 0 unspecified atom stereocenters. The van der Waals surface area contributed by atoms with E-state index in [1.54, 1.807) is 18.2 Å². The molecule has 1 aliphatic rings. The van der Waals surface area contributed by atoms with Gasteiger partial charge in [0.25, 0.3) is 0 Å². The summed E-state index contributed by atoms with van der Waals surface area (Å²) < 4.78 is 17.0. The van der Waals surface area contributed by atoms with Gasteiger partial charge in [0.1, 0.15) is 11.7 Å². The van der Waals surface area contributed by atoms with Crippen molar-refractivity contribution in [2.45, 2.75) is 6.04 Å². The molecular formula is C21H19N5O5. The quantitative estimate of drug-likeness (QED) is 0.471. The number of esters is 1. The molecule has 10 heteroatoms. The molecular weight excluding hydrogens is 402 g/mol. The molecule has 158 valence electrons. The van der Waals surface area contributed by atoms with Gasteiger partial charge in [-0.25, -0.2) is 4.79 Å². The maximum absolute atomic E-state index is 13.7. The van der Waals surface area contributed by atoms with Crippen molar-refractivity contribution in [2.75, 3.05) is 26.6 Å². The summed E-state index contributed by atoms with van der Waals surface area (Å²) in [5.74, 6) is -0.0388. The third-order valence-electron chi connectivity index (χ3n) is 4.91. The van der Waals surface area contributed by atoms with Crippen LogP contribution in [0.1, 0.15) is 22.0 Å². The number of carbonyl (C=O) groups is 2. The average Bonchev–Trinajstić information content (AvgIpc) is 3.30. The van der Waals surface area contributed by atoms with E-state index >= 15 is 0 Å². The number of hydrogen-bond donors (Lipinski definition) is 1. The molecule has 0 amide bonds. The van der Waals surface area contributed by atoms with Crippen molar-refractivity contribution >= 4 is 17.7 Å². The summed E-state index contributed by atoms with van der Waals surface area (Å²) in [6, 6.07) is 13.2. The Labute approximate surface area is 177 Å². The number of aromatic nitrogens is 4. The SMILES string of the molecule is COC(=O)C1=C(C(=O)c2ccc(OC)c(OC)c2)[C@H](c2ccccc2)n2nnnc2N1. The van der Waals surface area contributed by atoms with Crippen LogP contribution < -0.4 is 14.8 Å². The summed E-state index contributed by atoms with van der Waals surface area (Å²) in [6.07, 6.45) is 0. The van der Waals surface area contributed by atoms with Crippen molar-refractivity contribution in [1.82, 2.24) is 20.2 Å². The van der Waals surface area contributed by atoms with Gasteiger partial charge >= 0.3 is 5.97 Å². The highest BCUT2D eigenvalue weighted by molar-refractivity contribution is 6.15. The minimum absolute atomic E-state index is 0.0292. The predicted molar refractivity (Wildman–Crippen MR) is 109 cm³/mol. The second-order valence-corrected chi connectivity index (χ2v) is 6.56. The summed E-state index contributed by atoms with van der Waals surface area (Å²) in [4.78, 5) is 26.4. The Hall–Kier alpha value is -4.21. The lowest BCUT2D eigenvalue weighted by Gasteiger charge is -2.28. The molecule has 0 spiro atoms. The maximum Gasteiger partial charge on any atom is 0.355 e. The highest BCUT2D eigenvalue weighted by atomic mass is 16.5. The Balaban J connectivity index is 1.92. The lowest BCUT2D eigenvalue weighted by Crippen LogP contribution is -2.32. The van der Waals surface area contributed by atoms with Gasteiger partial charge in [0.15, 0.2) is 17.3 Å². The number of anilines is 1. The Kier molecular flexibility index (Phi) is 5.35. The number of methoxy groups -OCH3 is 3. The first-order valence-corrected chi connectivity index (χ1v) is 9.28. The summed E-state index contributed by atoms with van der Waals surface area (Å²) >= 11 is 0. The molecule has 10 nitrogen and oxygen atoms in total. The summed E-state index contributed by atoms with van der Waals surface area (Å²) in [7, 11) is 4.23. The van der Waals surface area contributed by atoms with Gasteiger partial charge in [0, 0.05) is 5.56 Å². The molecule has 0 bridgehead atoms. The zero-order chi connectivity index (χ0) is 22.0. The van der Waals surface area contributed by atoms with Gasteiger partial charge in [-0.05, 0) is 34.2 Å². The molecule has 4 rings (SSSR count). The van der Waals surface area contributed by atoms with E-state index in [2.05, 4.69) is 20.8 Å². The average molecular weight is 421 g/mol. The molecule has 1 N–H and O–H groups in total. The number of nitrogens with one attached hydrogen (secondary N) is 1. The van der Waals surface area contributed by atoms with Crippen LogP contribution >= 0.6 is 0 Å². The molecule has 0 fully saturated rings. The van der Waals surface area contributed by atoms with Crippen molar-refractivity contribution < 1.29 is 23.8 Å². The largest absolute Gasteiger partial charge is 0.493 e. The lowest BCUT2D eigenvalue weighted by atomic mass is 9.89. The first-order chi connectivity index (χ1) is 15.1. The van der Waals surface area contributed by atoms with Crippen LogP contribution in [0, 0.1) is 0 Å². The number of rotatable bonds is 6. The summed E-state index contributed by atoms with van der Waals surface area (Å²) in [5.41, 5.74) is 1.14. The van der Waals surface area contributed by atoms with Crippen molar-refractivity contribution in [1.29, 1.82) is 0 Å². The van der Waals surface area contributed by atoms with Crippen LogP contribution in [0.2, 0.25) is 0 Å². The van der Waals surface area contributed by atoms with Crippen LogP contribution in [-0.4, -0.2) is 53.3 Å². The first-order valence-electron chi connectivity index (χ1n) is 9.28. The van der Waals surface area contributed by atoms with Crippen LogP contribution in [0.25, 0.3) is 0 Å². The number of carbonyl (C=O) groups excluding carboxylic acids is 2. The smallest absolute Gasteiger partial charge is 0.355 e. The van der Waals surface area contributed by atoms with Gasteiger partial charge in [0.05, 0.1) is 26.9 Å². The molecule has 1 atom stereocenters. The van der Waals surface area contributed by atoms with E-state index in [-0.39, 0.29) is 17.2 Å². The Morgan fingerprint density at radius 3 is 2.42 bits per heavy atom. The number of tetrazole rings is 1. The van der Waals surface area contributed by atoms with E-state index in [1.807, 2.05) is 30.3 Å². The van der Waals surface area contributed by atoms with Crippen molar-refractivity contribution in [3.63, 3.8) is 0 Å². The number of Topliss-reactive ketones (excluding diaryl/α,β-unsaturated/α-hetero) is 1.